The van der Waals surface area contributed by atoms with Crippen LogP contribution in [0.4, 0.5) is 0 Å². The summed E-state index contributed by atoms with van der Waals surface area (Å²) in [6, 6.07) is 4.05. The Kier molecular flexibility index (Phi) is 14.8. The molecule has 0 bridgehead atoms. The summed E-state index contributed by atoms with van der Waals surface area (Å²) in [6.07, 6.45) is 12.2. The van der Waals surface area contributed by atoms with Gasteiger partial charge in [0.25, 0.3) is 0 Å². The highest BCUT2D eigenvalue weighted by Gasteiger charge is 2.21. The number of aryl methyl sites for hydroxylation is 1. The highest BCUT2D eigenvalue weighted by atomic mass is 16.5. The average molecular weight is 436 g/mol. The summed E-state index contributed by atoms with van der Waals surface area (Å²) in [6.45, 7) is 6.97. The largest absolute Gasteiger partial charge is 0.385 e. The van der Waals surface area contributed by atoms with Gasteiger partial charge in [-0.25, -0.2) is 0 Å². The molecule has 178 valence electrons. The van der Waals surface area contributed by atoms with Crippen LogP contribution >= 0.6 is 0 Å². The van der Waals surface area contributed by atoms with Crippen LogP contribution < -0.4 is 0 Å². The SMILES string of the molecule is CCCCCCCCC(=O)N(CCCOC)CC(=O)N(CCCC)Cc1cccn1C. The number of aromatic nitrogens is 1. The second-order valence-electron chi connectivity index (χ2n) is 8.46. The Morgan fingerprint density at radius 1 is 0.903 bits per heavy atom. The van der Waals surface area contributed by atoms with Crippen molar-refractivity contribution in [3.8, 4) is 0 Å². The first kappa shape index (κ1) is 27.2. The third-order valence-corrected chi connectivity index (χ3v) is 5.74. The van der Waals surface area contributed by atoms with E-state index in [1.165, 1.54) is 25.7 Å². The molecule has 0 atom stereocenters. The number of nitrogens with zero attached hydrogens (tertiary/aromatic N) is 3. The zero-order valence-electron chi connectivity index (χ0n) is 20.4. The molecule has 0 aliphatic rings. The Bertz CT molecular complexity index is 615. The van der Waals surface area contributed by atoms with Gasteiger partial charge in [-0.2, -0.15) is 0 Å². The molecule has 0 saturated carbocycles. The van der Waals surface area contributed by atoms with Crippen molar-refractivity contribution in [1.82, 2.24) is 14.4 Å². The van der Waals surface area contributed by atoms with Crippen molar-refractivity contribution >= 4 is 11.8 Å². The summed E-state index contributed by atoms with van der Waals surface area (Å²) in [5.41, 5.74) is 1.11. The number of hydrogen-bond acceptors (Lipinski definition) is 3. The second-order valence-corrected chi connectivity index (χ2v) is 8.46. The smallest absolute Gasteiger partial charge is 0.242 e. The summed E-state index contributed by atoms with van der Waals surface area (Å²) in [5, 5.41) is 0. The molecule has 6 heteroatoms. The van der Waals surface area contributed by atoms with Crippen LogP contribution in [0.2, 0.25) is 0 Å². The number of rotatable bonds is 18. The lowest BCUT2D eigenvalue weighted by atomic mass is 10.1. The van der Waals surface area contributed by atoms with Crippen LogP contribution in [-0.4, -0.2) is 59.5 Å². The van der Waals surface area contributed by atoms with Gasteiger partial charge in [-0.1, -0.05) is 52.4 Å². The molecule has 31 heavy (non-hydrogen) atoms. The monoisotopic (exact) mass is 435 g/mol. The molecule has 1 rings (SSSR count). The van der Waals surface area contributed by atoms with Crippen molar-refractivity contribution in [1.29, 1.82) is 0 Å². The summed E-state index contributed by atoms with van der Waals surface area (Å²) in [7, 11) is 3.67. The van der Waals surface area contributed by atoms with E-state index in [9.17, 15) is 9.59 Å². The minimum absolute atomic E-state index is 0.0309. The summed E-state index contributed by atoms with van der Waals surface area (Å²) in [5.74, 6) is 0.123. The molecule has 0 spiro atoms. The fraction of sp³-hybridized carbons (Fsp3) is 0.760. The minimum Gasteiger partial charge on any atom is -0.385 e. The van der Waals surface area contributed by atoms with E-state index in [1.807, 2.05) is 34.8 Å². The van der Waals surface area contributed by atoms with Crippen molar-refractivity contribution in [3.05, 3.63) is 24.0 Å². The van der Waals surface area contributed by atoms with Crippen molar-refractivity contribution in [2.24, 2.45) is 7.05 Å². The van der Waals surface area contributed by atoms with E-state index in [4.69, 9.17) is 4.74 Å². The highest BCUT2D eigenvalue weighted by Crippen LogP contribution is 2.11. The Morgan fingerprint density at radius 3 is 2.23 bits per heavy atom. The van der Waals surface area contributed by atoms with Gasteiger partial charge in [0.15, 0.2) is 0 Å². The van der Waals surface area contributed by atoms with Crippen LogP contribution in [0.15, 0.2) is 18.3 Å². The fourth-order valence-corrected chi connectivity index (χ4v) is 3.67. The first-order valence-corrected chi connectivity index (χ1v) is 12.2. The van der Waals surface area contributed by atoms with E-state index in [2.05, 4.69) is 13.8 Å². The molecular formula is C25H45N3O3. The summed E-state index contributed by atoms with van der Waals surface area (Å²) >= 11 is 0. The maximum absolute atomic E-state index is 13.2. The van der Waals surface area contributed by atoms with Crippen LogP contribution in [0, 0.1) is 0 Å². The quantitative estimate of drug-likeness (QED) is 0.312. The Hall–Kier alpha value is -1.82. The van der Waals surface area contributed by atoms with E-state index >= 15 is 0 Å². The zero-order valence-corrected chi connectivity index (χ0v) is 20.4. The third kappa shape index (κ3) is 11.4. The molecule has 0 unspecified atom stereocenters. The molecule has 0 saturated heterocycles. The zero-order chi connectivity index (χ0) is 22.9. The predicted molar refractivity (Wildman–Crippen MR) is 127 cm³/mol. The van der Waals surface area contributed by atoms with Crippen LogP contribution in [0.25, 0.3) is 0 Å². The van der Waals surface area contributed by atoms with Gasteiger partial charge in [0.2, 0.25) is 11.8 Å². The van der Waals surface area contributed by atoms with Gasteiger partial charge in [0.1, 0.15) is 0 Å². The Morgan fingerprint density at radius 2 is 1.58 bits per heavy atom. The number of carbonyl (C=O) groups is 2. The number of ether oxygens (including phenoxy) is 1. The first-order chi connectivity index (χ1) is 15.0. The van der Waals surface area contributed by atoms with E-state index in [0.717, 1.165) is 44.3 Å². The molecule has 0 aliphatic carbocycles. The summed E-state index contributed by atoms with van der Waals surface area (Å²) in [4.78, 5) is 29.7. The lowest BCUT2D eigenvalue weighted by molar-refractivity contribution is -0.141. The van der Waals surface area contributed by atoms with E-state index < -0.39 is 0 Å². The maximum Gasteiger partial charge on any atom is 0.242 e. The Balaban J connectivity index is 2.68. The molecule has 0 aromatic carbocycles. The predicted octanol–water partition coefficient (Wildman–Crippen LogP) is 4.77. The molecule has 1 aromatic rings. The topological polar surface area (TPSA) is 54.8 Å². The van der Waals surface area contributed by atoms with Crippen LogP contribution in [0.3, 0.4) is 0 Å². The number of unbranched alkanes of at least 4 members (excludes halogenated alkanes) is 6. The maximum atomic E-state index is 13.2. The van der Waals surface area contributed by atoms with Gasteiger partial charge < -0.3 is 19.1 Å². The van der Waals surface area contributed by atoms with E-state index in [1.54, 1.807) is 12.0 Å². The third-order valence-electron chi connectivity index (χ3n) is 5.74. The number of hydrogen-bond donors (Lipinski definition) is 0. The van der Waals surface area contributed by atoms with Gasteiger partial charge in [0, 0.05) is 52.2 Å². The first-order valence-electron chi connectivity index (χ1n) is 12.2. The standard InChI is InChI=1S/C25H45N3O3/c1-5-7-9-10-11-12-16-24(29)28(19-14-20-31-4)22-25(30)27(18-8-6-2)21-23-15-13-17-26(23)3/h13,15,17H,5-12,14,16,18-22H2,1-4H3. The summed E-state index contributed by atoms with van der Waals surface area (Å²) < 4.78 is 7.21. The van der Waals surface area contributed by atoms with Gasteiger partial charge >= 0.3 is 0 Å². The lowest BCUT2D eigenvalue weighted by Gasteiger charge is -2.28. The number of carbonyl (C=O) groups excluding carboxylic acids is 2. The van der Waals surface area contributed by atoms with Gasteiger partial charge in [0.05, 0.1) is 13.1 Å². The minimum atomic E-state index is 0.0309. The van der Waals surface area contributed by atoms with Crippen molar-refractivity contribution in [2.45, 2.75) is 84.6 Å². The molecule has 0 aliphatic heterocycles. The number of amides is 2. The van der Waals surface area contributed by atoms with Crippen molar-refractivity contribution in [3.63, 3.8) is 0 Å². The molecule has 6 nitrogen and oxygen atoms in total. The number of methoxy groups -OCH3 is 1. The molecule has 2 amide bonds. The Labute approximate surface area is 189 Å². The van der Waals surface area contributed by atoms with Crippen LogP contribution in [0.5, 0.6) is 0 Å². The van der Waals surface area contributed by atoms with Crippen molar-refractivity contribution < 1.29 is 14.3 Å². The van der Waals surface area contributed by atoms with Crippen LogP contribution in [0.1, 0.15) is 83.7 Å². The van der Waals surface area contributed by atoms with E-state index in [-0.39, 0.29) is 18.4 Å². The fourth-order valence-electron chi connectivity index (χ4n) is 3.67. The molecule has 0 radical (unpaired) electrons. The normalized spacial score (nSPS) is 11.0. The van der Waals surface area contributed by atoms with Crippen LogP contribution in [-0.2, 0) is 27.9 Å². The highest BCUT2D eigenvalue weighted by molar-refractivity contribution is 5.84. The molecule has 0 N–H and O–H groups in total. The van der Waals surface area contributed by atoms with Gasteiger partial charge in [-0.3, -0.25) is 9.59 Å². The average Bonchev–Trinajstić information content (AvgIpc) is 3.17. The van der Waals surface area contributed by atoms with Crippen molar-refractivity contribution in [2.75, 3.05) is 33.4 Å². The van der Waals surface area contributed by atoms with E-state index in [0.29, 0.717) is 26.1 Å². The molecule has 1 heterocycles. The second kappa shape index (κ2) is 16.8. The molecular weight excluding hydrogens is 390 g/mol. The lowest BCUT2D eigenvalue weighted by Crippen LogP contribution is -2.43. The van der Waals surface area contributed by atoms with Gasteiger partial charge in [-0.15, -0.1) is 0 Å². The van der Waals surface area contributed by atoms with Gasteiger partial charge in [-0.05, 0) is 31.4 Å². The molecule has 0 fully saturated rings. The molecule has 1 aromatic heterocycles.